The number of nitrogens with zero attached hydrogens (tertiary/aromatic N) is 6. The van der Waals surface area contributed by atoms with Crippen LogP contribution in [-0.2, 0) is 10.8 Å². The molecule has 2 rings (SSSR count). The number of hydrazine groups is 1. The lowest BCUT2D eigenvalue weighted by atomic mass is 10.7. The van der Waals surface area contributed by atoms with Gasteiger partial charge in [0.25, 0.3) is 5.95 Å². The molecule has 0 radical (unpaired) electrons. The van der Waals surface area contributed by atoms with E-state index in [9.17, 15) is 4.21 Å². The Hall–Kier alpha value is -2.14. The van der Waals surface area contributed by atoms with Crippen molar-refractivity contribution in [3.8, 4) is 5.95 Å². The fourth-order valence-corrected chi connectivity index (χ4v) is 1.96. The van der Waals surface area contributed by atoms with Gasteiger partial charge in [-0.1, -0.05) is 6.92 Å². The molecule has 11 heteroatoms. The molecule has 20 heavy (non-hydrogen) atoms. The Morgan fingerprint density at radius 2 is 2.15 bits per heavy atom. The first-order chi connectivity index (χ1) is 9.72. The quantitative estimate of drug-likeness (QED) is 0.430. The van der Waals surface area contributed by atoms with Crippen LogP contribution in [0.15, 0.2) is 12.7 Å². The molecule has 108 valence electrons. The van der Waals surface area contributed by atoms with E-state index < -0.39 is 10.8 Å². The van der Waals surface area contributed by atoms with E-state index in [-0.39, 0.29) is 11.9 Å². The van der Waals surface area contributed by atoms with Crippen LogP contribution in [0, 0.1) is 0 Å². The van der Waals surface area contributed by atoms with Crippen molar-refractivity contribution >= 4 is 22.7 Å². The molecule has 2 heterocycles. The smallest absolute Gasteiger partial charge is 0.258 e. The van der Waals surface area contributed by atoms with Gasteiger partial charge >= 0.3 is 0 Å². The Morgan fingerprint density at radius 3 is 2.80 bits per heavy atom. The highest BCUT2D eigenvalue weighted by Gasteiger charge is 2.08. The standard InChI is InChI=1S/C9H15N9OS/c1-2-20(19)4-3-12-7-14-8(17-10)16-9(15-7)18-6-11-5-13-18/h5-6H,2-4,10H2,1H3,(H2,12,14,15,16,17). The zero-order valence-electron chi connectivity index (χ0n) is 10.9. The second-order valence-electron chi connectivity index (χ2n) is 3.63. The lowest BCUT2D eigenvalue weighted by Crippen LogP contribution is -2.18. The molecule has 0 fully saturated rings. The number of aromatic nitrogens is 6. The van der Waals surface area contributed by atoms with Crippen molar-refractivity contribution in [2.45, 2.75) is 6.92 Å². The number of hydrogen-bond acceptors (Lipinski definition) is 9. The van der Waals surface area contributed by atoms with E-state index in [4.69, 9.17) is 5.84 Å². The maximum Gasteiger partial charge on any atom is 0.258 e. The molecule has 0 amide bonds. The van der Waals surface area contributed by atoms with Gasteiger partial charge in [-0.15, -0.1) is 0 Å². The van der Waals surface area contributed by atoms with Crippen LogP contribution in [-0.4, -0.2) is 52.0 Å². The van der Waals surface area contributed by atoms with Gasteiger partial charge in [-0.2, -0.15) is 24.7 Å². The molecule has 0 aliphatic rings. The van der Waals surface area contributed by atoms with Gasteiger partial charge < -0.3 is 5.32 Å². The van der Waals surface area contributed by atoms with Crippen molar-refractivity contribution in [3.05, 3.63) is 12.7 Å². The number of hydrogen-bond donors (Lipinski definition) is 3. The minimum atomic E-state index is -0.844. The van der Waals surface area contributed by atoms with Gasteiger partial charge in [0, 0.05) is 28.9 Å². The second kappa shape index (κ2) is 6.86. The average molecular weight is 297 g/mol. The Labute approximate surface area is 117 Å². The van der Waals surface area contributed by atoms with Crippen LogP contribution in [0.2, 0.25) is 0 Å². The van der Waals surface area contributed by atoms with Gasteiger partial charge in [-0.05, 0) is 0 Å². The van der Waals surface area contributed by atoms with Crippen molar-refractivity contribution in [1.82, 2.24) is 29.7 Å². The van der Waals surface area contributed by atoms with Crippen LogP contribution >= 0.6 is 0 Å². The van der Waals surface area contributed by atoms with E-state index in [0.717, 1.165) is 0 Å². The molecule has 10 nitrogen and oxygen atoms in total. The number of nitrogen functional groups attached to an aromatic ring is 1. The van der Waals surface area contributed by atoms with E-state index >= 15 is 0 Å². The zero-order valence-corrected chi connectivity index (χ0v) is 11.7. The van der Waals surface area contributed by atoms with Crippen LogP contribution in [0.25, 0.3) is 5.95 Å². The minimum absolute atomic E-state index is 0.199. The molecule has 1 atom stereocenters. The van der Waals surface area contributed by atoms with Gasteiger partial charge in [0.2, 0.25) is 11.9 Å². The summed E-state index contributed by atoms with van der Waals surface area (Å²) in [6.07, 6.45) is 2.84. The van der Waals surface area contributed by atoms with Gasteiger partial charge in [0.15, 0.2) is 0 Å². The SMILES string of the molecule is CCS(=O)CCNc1nc(NN)nc(-n2cncn2)n1. The van der Waals surface area contributed by atoms with Crippen molar-refractivity contribution in [3.63, 3.8) is 0 Å². The third kappa shape index (κ3) is 3.68. The lowest BCUT2D eigenvalue weighted by molar-refractivity contribution is 0.684. The Kier molecular flexibility index (Phi) is 4.90. The largest absolute Gasteiger partial charge is 0.353 e. The van der Waals surface area contributed by atoms with Crippen LogP contribution in [0.5, 0.6) is 0 Å². The van der Waals surface area contributed by atoms with E-state index in [0.29, 0.717) is 24.0 Å². The topological polar surface area (TPSA) is 137 Å². The fraction of sp³-hybridized carbons (Fsp3) is 0.444. The van der Waals surface area contributed by atoms with Crippen molar-refractivity contribution < 1.29 is 4.21 Å². The van der Waals surface area contributed by atoms with E-state index in [1.165, 1.54) is 17.3 Å². The number of rotatable bonds is 7. The summed E-state index contributed by atoms with van der Waals surface area (Å²) in [5.74, 6) is 7.26. The molecule has 2 aromatic rings. The molecular formula is C9H15N9OS. The normalized spacial score (nSPS) is 12.1. The molecule has 2 aromatic heterocycles. The van der Waals surface area contributed by atoms with Crippen LogP contribution in [0.4, 0.5) is 11.9 Å². The van der Waals surface area contributed by atoms with Crippen molar-refractivity contribution in [2.75, 3.05) is 28.8 Å². The van der Waals surface area contributed by atoms with E-state index in [1.54, 1.807) is 0 Å². The lowest BCUT2D eigenvalue weighted by Gasteiger charge is -2.07. The van der Waals surface area contributed by atoms with Crippen molar-refractivity contribution in [2.24, 2.45) is 5.84 Å². The predicted octanol–water partition coefficient (Wildman–Crippen LogP) is -1.08. The summed E-state index contributed by atoms with van der Waals surface area (Å²) < 4.78 is 12.7. The number of nitrogens with one attached hydrogen (secondary N) is 2. The van der Waals surface area contributed by atoms with Crippen LogP contribution in [0.1, 0.15) is 6.92 Å². The third-order valence-electron chi connectivity index (χ3n) is 2.31. The maximum atomic E-state index is 11.3. The molecule has 0 aliphatic heterocycles. The number of nitrogens with two attached hydrogens (primary N) is 1. The van der Waals surface area contributed by atoms with Crippen molar-refractivity contribution in [1.29, 1.82) is 0 Å². The Bertz CT molecular complexity index is 573. The molecular weight excluding hydrogens is 282 g/mol. The summed E-state index contributed by atoms with van der Waals surface area (Å²) in [5.41, 5.74) is 2.36. The fourth-order valence-electron chi connectivity index (χ4n) is 1.34. The average Bonchev–Trinajstić information content (AvgIpc) is 3.01. The third-order valence-corrected chi connectivity index (χ3v) is 3.61. The first-order valence-electron chi connectivity index (χ1n) is 5.89. The predicted molar refractivity (Wildman–Crippen MR) is 74.6 cm³/mol. The molecule has 0 saturated heterocycles. The van der Waals surface area contributed by atoms with Gasteiger partial charge in [0.1, 0.15) is 12.7 Å². The summed E-state index contributed by atoms with van der Waals surface area (Å²) >= 11 is 0. The summed E-state index contributed by atoms with van der Waals surface area (Å²) in [4.78, 5) is 16.1. The molecule has 0 aliphatic carbocycles. The first-order valence-corrected chi connectivity index (χ1v) is 7.38. The molecule has 1 unspecified atom stereocenters. The Balaban J connectivity index is 2.12. The highest BCUT2D eigenvalue weighted by Crippen LogP contribution is 2.07. The summed E-state index contributed by atoms with van der Waals surface area (Å²) in [5, 5.41) is 6.91. The molecule has 0 bridgehead atoms. The minimum Gasteiger partial charge on any atom is -0.353 e. The van der Waals surface area contributed by atoms with Gasteiger partial charge in [-0.25, -0.2) is 10.8 Å². The van der Waals surface area contributed by atoms with Crippen LogP contribution in [0.3, 0.4) is 0 Å². The summed E-state index contributed by atoms with van der Waals surface area (Å²) in [7, 11) is -0.844. The maximum absolute atomic E-state index is 11.3. The molecule has 0 aromatic carbocycles. The van der Waals surface area contributed by atoms with Gasteiger partial charge in [0.05, 0.1) is 0 Å². The molecule has 0 saturated carbocycles. The second-order valence-corrected chi connectivity index (χ2v) is 5.49. The van der Waals surface area contributed by atoms with E-state index in [2.05, 4.69) is 35.8 Å². The summed E-state index contributed by atoms with van der Waals surface area (Å²) in [6, 6.07) is 0. The summed E-state index contributed by atoms with van der Waals surface area (Å²) in [6.45, 7) is 2.36. The highest BCUT2D eigenvalue weighted by molar-refractivity contribution is 7.84. The number of anilines is 2. The highest BCUT2D eigenvalue weighted by atomic mass is 32.2. The first kappa shape index (κ1) is 14.3. The Morgan fingerprint density at radius 1 is 1.35 bits per heavy atom. The van der Waals surface area contributed by atoms with Gasteiger partial charge in [-0.3, -0.25) is 9.63 Å². The zero-order chi connectivity index (χ0) is 14.4. The van der Waals surface area contributed by atoms with Crippen LogP contribution < -0.4 is 16.6 Å². The van der Waals surface area contributed by atoms with E-state index in [1.807, 2.05) is 6.92 Å². The molecule has 0 spiro atoms. The molecule has 4 N–H and O–H groups in total. The monoisotopic (exact) mass is 297 g/mol.